The molecule has 0 atom stereocenters. The third-order valence-electron chi connectivity index (χ3n) is 4.95. The molecule has 0 amide bonds. The van der Waals surface area contributed by atoms with Crippen LogP contribution in [-0.2, 0) is 10.0 Å². The molecule has 0 aliphatic carbocycles. The van der Waals surface area contributed by atoms with Crippen LogP contribution in [0.4, 0.5) is 5.69 Å². The van der Waals surface area contributed by atoms with Crippen molar-refractivity contribution in [2.75, 3.05) is 38.2 Å². The highest BCUT2D eigenvalue weighted by Crippen LogP contribution is 2.27. The lowest BCUT2D eigenvalue weighted by atomic mass is 10.1. The molecule has 1 aliphatic rings. The van der Waals surface area contributed by atoms with Crippen LogP contribution in [0.1, 0.15) is 16.7 Å². The molecule has 26 heavy (non-hydrogen) atoms. The smallest absolute Gasteiger partial charge is 0.243 e. The van der Waals surface area contributed by atoms with Gasteiger partial charge in [-0.2, -0.15) is 4.31 Å². The molecule has 1 fully saturated rings. The number of ether oxygens (including phenoxy) is 1. The number of sulfonamides is 1. The van der Waals surface area contributed by atoms with E-state index < -0.39 is 10.0 Å². The maximum atomic E-state index is 13.0. The molecule has 2 aromatic carbocycles. The molecular formula is C20H26N2O3S. The van der Waals surface area contributed by atoms with E-state index in [1.807, 2.05) is 6.92 Å². The van der Waals surface area contributed by atoms with Gasteiger partial charge < -0.3 is 9.64 Å². The summed E-state index contributed by atoms with van der Waals surface area (Å²) in [7, 11) is -1.90. The van der Waals surface area contributed by atoms with E-state index in [1.165, 1.54) is 16.8 Å². The topological polar surface area (TPSA) is 49.9 Å². The third kappa shape index (κ3) is 3.57. The van der Waals surface area contributed by atoms with Gasteiger partial charge in [0.2, 0.25) is 10.0 Å². The SMILES string of the molecule is COc1ccc(S(=O)(=O)N2CCN(c3cc(C)ccc3C)CC2)cc1C. The summed E-state index contributed by atoms with van der Waals surface area (Å²) in [6, 6.07) is 11.4. The number of aryl methyl sites for hydroxylation is 3. The number of benzene rings is 2. The van der Waals surface area contributed by atoms with Crippen molar-refractivity contribution in [2.45, 2.75) is 25.7 Å². The minimum Gasteiger partial charge on any atom is -0.496 e. The minimum absolute atomic E-state index is 0.330. The fourth-order valence-corrected chi connectivity index (χ4v) is 4.90. The second kappa shape index (κ2) is 7.29. The Morgan fingerprint density at radius 1 is 0.885 bits per heavy atom. The number of anilines is 1. The minimum atomic E-state index is -3.48. The molecule has 6 heteroatoms. The second-order valence-electron chi connectivity index (χ2n) is 6.81. The van der Waals surface area contributed by atoms with Crippen molar-refractivity contribution in [1.82, 2.24) is 4.31 Å². The quantitative estimate of drug-likeness (QED) is 0.825. The van der Waals surface area contributed by atoms with Gasteiger partial charge in [0.1, 0.15) is 5.75 Å². The van der Waals surface area contributed by atoms with Gasteiger partial charge in [-0.15, -0.1) is 0 Å². The number of methoxy groups -OCH3 is 1. The van der Waals surface area contributed by atoms with E-state index in [9.17, 15) is 8.42 Å². The van der Waals surface area contributed by atoms with Gasteiger partial charge in [0.05, 0.1) is 12.0 Å². The van der Waals surface area contributed by atoms with Crippen LogP contribution in [0.2, 0.25) is 0 Å². The van der Waals surface area contributed by atoms with Gasteiger partial charge in [-0.3, -0.25) is 0 Å². The van der Waals surface area contributed by atoms with Crippen molar-refractivity contribution in [3.05, 3.63) is 53.1 Å². The molecule has 0 bridgehead atoms. The first-order valence-corrected chi connectivity index (χ1v) is 10.2. The molecule has 0 saturated carbocycles. The van der Waals surface area contributed by atoms with Crippen molar-refractivity contribution >= 4 is 15.7 Å². The average Bonchev–Trinajstić information content (AvgIpc) is 2.63. The molecule has 0 spiro atoms. The highest BCUT2D eigenvalue weighted by Gasteiger charge is 2.29. The Morgan fingerprint density at radius 2 is 1.58 bits per heavy atom. The van der Waals surface area contributed by atoms with Crippen LogP contribution in [0.25, 0.3) is 0 Å². The molecular weight excluding hydrogens is 348 g/mol. The van der Waals surface area contributed by atoms with Crippen LogP contribution in [-0.4, -0.2) is 46.0 Å². The summed E-state index contributed by atoms with van der Waals surface area (Å²) in [5.74, 6) is 0.698. The number of piperazine rings is 1. The van der Waals surface area contributed by atoms with Gasteiger partial charge >= 0.3 is 0 Å². The largest absolute Gasteiger partial charge is 0.496 e. The highest BCUT2D eigenvalue weighted by atomic mass is 32.2. The summed E-state index contributed by atoms with van der Waals surface area (Å²) in [4.78, 5) is 2.60. The Kier molecular flexibility index (Phi) is 5.25. The van der Waals surface area contributed by atoms with Crippen LogP contribution in [0.3, 0.4) is 0 Å². The lowest BCUT2D eigenvalue weighted by molar-refractivity contribution is 0.384. The normalized spacial score (nSPS) is 15.9. The zero-order chi connectivity index (χ0) is 18.9. The summed E-state index contributed by atoms with van der Waals surface area (Å²) in [5.41, 5.74) is 4.46. The molecule has 140 valence electrons. The zero-order valence-electron chi connectivity index (χ0n) is 15.8. The van der Waals surface area contributed by atoms with Gasteiger partial charge in [0.15, 0.2) is 0 Å². The van der Waals surface area contributed by atoms with Gasteiger partial charge in [-0.05, 0) is 61.7 Å². The average molecular weight is 375 g/mol. The maximum absolute atomic E-state index is 13.0. The van der Waals surface area contributed by atoms with Crippen molar-refractivity contribution < 1.29 is 13.2 Å². The lowest BCUT2D eigenvalue weighted by Gasteiger charge is -2.36. The van der Waals surface area contributed by atoms with E-state index in [0.717, 1.165) is 5.56 Å². The van der Waals surface area contributed by atoms with Gasteiger partial charge in [-0.1, -0.05) is 12.1 Å². The standard InChI is InChI=1S/C20H26N2O3S/c1-15-5-6-16(2)19(13-15)21-9-11-22(12-10-21)26(23,24)18-7-8-20(25-4)17(3)14-18/h5-8,13-14H,9-12H2,1-4H3. The summed E-state index contributed by atoms with van der Waals surface area (Å²) >= 11 is 0. The maximum Gasteiger partial charge on any atom is 0.243 e. The number of hydrogen-bond acceptors (Lipinski definition) is 4. The molecule has 1 saturated heterocycles. The number of hydrogen-bond donors (Lipinski definition) is 0. The van der Waals surface area contributed by atoms with E-state index in [1.54, 1.807) is 29.6 Å². The molecule has 2 aromatic rings. The molecule has 5 nitrogen and oxygen atoms in total. The summed E-state index contributed by atoms with van der Waals surface area (Å²) < 4.78 is 32.7. The van der Waals surface area contributed by atoms with E-state index in [0.29, 0.717) is 36.8 Å². The third-order valence-corrected chi connectivity index (χ3v) is 6.84. The van der Waals surface area contributed by atoms with Crippen molar-refractivity contribution in [3.63, 3.8) is 0 Å². The van der Waals surface area contributed by atoms with E-state index >= 15 is 0 Å². The van der Waals surface area contributed by atoms with E-state index in [-0.39, 0.29) is 0 Å². The van der Waals surface area contributed by atoms with Crippen LogP contribution >= 0.6 is 0 Å². The lowest BCUT2D eigenvalue weighted by Crippen LogP contribution is -2.48. The van der Waals surface area contributed by atoms with Gasteiger partial charge in [0.25, 0.3) is 0 Å². The molecule has 0 unspecified atom stereocenters. The van der Waals surface area contributed by atoms with Crippen LogP contribution in [0.15, 0.2) is 41.3 Å². The first-order valence-electron chi connectivity index (χ1n) is 8.80. The van der Waals surface area contributed by atoms with Gasteiger partial charge in [-0.25, -0.2) is 8.42 Å². The summed E-state index contributed by atoms with van der Waals surface area (Å²) in [6.07, 6.45) is 0. The van der Waals surface area contributed by atoms with Crippen molar-refractivity contribution in [1.29, 1.82) is 0 Å². The fourth-order valence-electron chi connectivity index (χ4n) is 3.39. The first kappa shape index (κ1) is 18.7. The molecule has 0 N–H and O–H groups in total. The molecule has 0 aromatic heterocycles. The van der Waals surface area contributed by atoms with Crippen LogP contribution in [0, 0.1) is 20.8 Å². The van der Waals surface area contributed by atoms with Crippen LogP contribution < -0.4 is 9.64 Å². The predicted octanol–water partition coefficient (Wildman–Crippen LogP) is 3.13. The highest BCUT2D eigenvalue weighted by molar-refractivity contribution is 7.89. The molecule has 1 heterocycles. The molecule has 1 aliphatic heterocycles. The molecule has 3 rings (SSSR count). The fraction of sp³-hybridized carbons (Fsp3) is 0.400. The monoisotopic (exact) mass is 374 g/mol. The second-order valence-corrected chi connectivity index (χ2v) is 8.75. The predicted molar refractivity (Wildman–Crippen MR) is 105 cm³/mol. The summed E-state index contributed by atoms with van der Waals surface area (Å²) in [6.45, 7) is 8.39. The molecule has 0 radical (unpaired) electrons. The summed E-state index contributed by atoms with van der Waals surface area (Å²) in [5, 5.41) is 0. The Balaban J connectivity index is 1.76. The van der Waals surface area contributed by atoms with Gasteiger partial charge in [0, 0.05) is 31.9 Å². The Hall–Kier alpha value is -2.05. The van der Waals surface area contributed by atoms with Crippen molar-refractivity contribution in [2.24, 2.45) is 0 Å². The Bertz CT molecular complexity index is 901. The Morgan fingerprint density at radius 3 is 2.19 bits per heavy atom. The van der Waals surface area contributed by atoms with E-state index in [2.05, 4.69) is 36.9 Å². The van der Waals surface area contributed by atoms with Crippen LogP contribution in [0.5, 0.6) is 5.75 Å². The van der Waals surface area contributed by atoms with E-state index in [4.69, 9.17) is 4.74 Å². The first-order chi connectivity index (χ1) is 12.3. The van der Waals surface area contributed by atoms with Crippen molar-refractivity contribution in [3.8, 4) is 5.75 Å². The number of nitrogens with zero attached hydrogens (tertiary/aromatic N) is 2. The Labute approximate surface area is 156 Å². The zero-order valence-corrected chi connectivity index (χ0v) is 16.6. The number of rotatable bonds is 4.